The number of ketones is 1. The third-order valence-electron chi connectivity index (χ3n) is 7.05. The van der Waals surface area contributed by atoms with Gasteiger partial charge in [0.25, 0.3) is 17.6 Å². The van der Waals surface area contributed by atoms with Crippen molar-refractivity contribution in [3.8, 4) is 5.75 Å². The van der Waals surface area contributed by atoms with Gasteiger partial charge >= 0.3 is 0 Å². The molecule has 9 nitrogen and oxygen atoms in total. The van der Waals surface area contributed by atoms with Gasteiger partial charge < -0.3 is 24.4 Å². The number of rotatable bonds is 5. The second-order valence-corrected chi connectivity index (χ2v) is 8.78. The summed E-state index contributed by atoms with van der Waals surface area (Å²) < 4.78 is 10.6. The molecule has 1 spiro atoms. The monoisotopic (exact) mass is 477 g/mol. The van der Waals surface area contributed by atoms with Crippen LogP contribution in [0.5, 0.6) is 5.75 Å². The SMILES string of the molecule is COc1ccc(C(O)=C2C(=O)C(=O)N(CCN3CCOCC3)C23C(=O)N(C)c2ccccc23)cc1. The summed E-state index contributed by atoms with van der Waals surface area (Å²) in [4.78, 5) is 45.8. The molecule has 1 atom stereocenters. The molecule has 0 saturated carbocycles. The Morgan fingerprint density at radius 2 is 1.71 bits per heavy atom. The lowest BCUT2D eigenvalue weighted by molar-refractivity contribution is -0.144. The molecule has 2 aromatic carbocycles. The normalized spacial score (nSPS) is 23.9. The van der Waals surface area contributed by atoms with Gasteiger partial charge in [-0.05, 0) is 30.3 Å². The Kier molecular flexibility index (Phi) is 5.82. The quantitative estimate of drug-likeness (QED) is 0.397. The highest BCUT2D eigenvalue weighted by molar-refractivity contribution is 6.50. The number of hydrogen-bond acceptors (Lipinski definition) is 7. The molecule has 35 heavy (non-hydrogen) atoms. The van der Waals surface area contributed by atoms with Crippen LogP contribution in [0, 0.1) is 0 Å². The minimum atomic E-state index is -1.74. The van der Waals surface area contributed by atoms with Crippen molar-refractivity contribution in [2.45, 2.75) is 5.54 Å². The average molecular weight is 478 g/mol. The van der Waals surface area contributed by atoms with E-state index in [9.17, 15) is 19.5 Å². The Bertz CT molecular complexity index is 1220. The van der Waals surface area contributed by atoms with Crippen molar-refractivity contribution in [3.05, 3.63) is 65.2 Å². The molecule has 5 rings (SSSR count). The van der Waals surface area contributed by atoms with Crippen molar-refractivity contribution in [3.63, 3.8) is 0 Å². The largest absolute Gasteiger partial charge is 0.507 e. The van der Waals surface area contributed by atoms with Crippen LogP contribution < -0.4 is 9.64 Å². The summed E-state index contributed by atoms with van der Waals surface area (Å²) in [6, 6.07) is 13.6. The Balaban J connectivity index is 1.68. The van der Waals surface area contributed by atoms with Gasteiger partial charge in [0.2, 0.25) is 0 Å². The van der Waals surface area contributed by atoms with Crippen LogP contribution in [0.1, 0.15) is 11.1 Å². The summed E-state index contributed by atoms with van der Waals surface area (Å²) in [6.45, 7) is 3.20. The van der Waals surface area contributed by atoms with Gasteiger partial charge in [-0.2, -0.15) is 0 Å². The van der Waals surface area contributed by atoms with Gasteiger partial charge in [0.1, 0.15) is 11.5 Å². The first kappa shape index (κ1) is 23.1. The summed E-state index contributed by atoms with van der Waals surface area (Å²) in [7, 11) is 3.14. The number of amides is 2. The maximum atomic E-state index is 14.0. The number of carbonyl (C=O) groups excluding carboxylic acids is 3. The van der Waals surface area contributed by atoms with Gasteiger partial charge in [0.15, 0.2) is 5.54 Å². The molecule has 2 fully saturated rings. The van der Waals surface area contributed by atoms with Crippen LogP contribution in [0.15, 0.2) is 54.1 Å². The second kappa shape index (κ2) is 8.83. The van der Waals surface area contributed by atoms with E-state index in [4.69, 9.17) is 9.47 Å². The fourth-order valence-electron chi connectivity index (χ4n) is 5.23. The maximum absolute atomic E-state index is 14.0. The summed E-state index contributed by atoms with van der Waals surface area (Å²) in [5.74, 6) is -1.94. The van der Waals surface area contributed by atoms with E-state index in [0.29, 0.717) is 55.4 Å². The molecule has 2 saturated heterocycles. The van der Waals surface area contributed by atoms with Gasteiger partial charge in [-0.15, -0.1) is 0 Å². The van der Waals surface area contributed by atoms with Crippen molar-refractivity contribution >= 4 is 29.0 Å². The Morgan fingerprint density at radius 3 is 2.40 bits per heavy atom. The molecule has 1 unspecified atom stereocenters. The maximum Gasteiger partial charge on any atom is 0.296 e. The van der Waals surface area contributed by atoms with Crippen molar-refractivity contribution in [1.82, 2.24) is 9.80 Å². The second-order valence-electron chi connectivity index (χ2n) is 8.78. The van der Waals surface area contributed by atoms with Crippen LogP contribution in [0.4, 0.5) is 5.69 Å². The highest BCUT2D eigenvalue weighted by Crippen LogP contribution is 2.53. The number of aliphatic hydroxyl groups is 1. The zero-order valence-electron chi connectivity index (χ0n) is 19.7. The van der Waals surface area contributed by atoms with Gasteiger partial charge in [-0.1, -0.05) is 18.2 Å². The minimum Gasteiger partial charge on any atom is -0.507 e. The number of hydrogen-bond donors (Lipinski definition) is 1. The molecule has 0 bridgehead atoms. The van der Waals surface area contributed by atoms with Gasteiger partial charge in [-0.3, -0.25) is 19.3 Å². The van der Waals surface area contributed by atoms with E-state index < -0.39 is 28.9 Å². The molecular weight excluding hydrogens is 450 g/mol. The van der Waals surface area contributed by atoms with Crippen molar-refractivity contribution in [2.75, 3.05) is 58.5 Å². The molecule has 0 aromatic heterocycles. The van der Waals surface area contributed by atoms with Crippen LogP contribution >= 0.6 is 0 Å². The summed E-state index contributed by atoms with van der Waals surface area (Å²) >= 11 is 0. The van der Waals surface area contributed by atoms with Gasteiger partial charge in [-0.25, -0.2) is 0 Å². The van der Waals surface area contributed by atoms with Gasteiger partial charge in [0, 0.05) is 50.0 Å². The number of nitrogens with zero attached hydrogens (tertiary/aromatic N) is 3. The van der Waals surface area contributed by atoms with E-state index in [-0.39, 0.29) is 12.1 Å². The zero-order valence-corrected chi connectivity index (χ0v) is 19.7. The lowest BCUT2D eigenvalue weighted by Crippen LogP contribution is -2.53. The first-order chi connectivity index (χ1) is 16.9. The highest BCUT2D eigenvalue weighted by Gasteiger charge is 2.66. The predicted molar refractivity (Wildman–Crippen MR) is 128 cm³/mol. The fraction of sp³-hybridized carbons (Fsp3) is 0.346. The number of likely N-dealkylation sites (N-methyl/N-ethyl adjacent to an activating group) is 1. The van der Waals surface area contributed by atoms with Crippen molar-refractivity contribution < 1.29 is 29.0 Å². The molecule has 2 amide bonds. The number of methoxy groups -OCH3 is 1. The number of ether oxygens (including phenoxy) is 2. The molecular formula is C26H27N3O6. The molecule has 0 aliphatic carbocycles. The standard InChI is InChI=1S/C26H27N3O6/c1-27-20-6-4-3-5-19(20)26(25(27)33)21(22(30)17-7-9-18(34-2)10-8-17)23(31)24(32)29(26)12-11-28-13-15-35-16-14-28/h3-10,30H,11-16H2,1-2H3. The first-order valence-corrected chi connectivity index (χ1v) is 11.5. The molecule has 182 valence electrons. The number of aliphatic hydroxyl groups excluding tert-OH is 1. The molecule has 0 radical (unpaired) electrons. The third kappa shape index (κ3) is 3.42. The summed E-state index contributed by atoms with van der Waals surface area (Å²) in [5, 5.41) is 11.4. The number of para-hydroxylation sites is 1. The van der Waals surface area contributed by atoms with Gasteiger partial charge in [0.05, 0.1) is 25.9 Å². The minimum absolute atomic E-state index is 0.151. The number of carbonyl (C=O) groups is 3. The van der Waals surface area contributed by atoms with Crippen LogP contribution in [-0.2, 0) is 24.7 Å². The van der Waals surface area contributed by atoms with Crippen LogP contribution in [0.3, 0.4) is 0 Å². The van der Waals surface area contributed by atoms with Crippen molar-refractivity contribution in [2.24, 2.45) is 0 Å². The number of Topliss-reactive ketones (excluding diaryl/α,β-unsaturated/α-hetero) is 1. The molecule has 3 aliphatic rings. The highest BCUT2D eigenvalue weighted by atomic mass is 16.5. The molecule has 1 N–H and O–H groups in total. The summed E-state index contributed by atoms with van der Waals surface area (Å²) in [6.07, 6.45) is 0. The van der Waals surface area contributed by atoms with E-state index in [1.54, 1.807) is 55.6 Å². The number of fused-ring (bicyclic) bond motifs is 2. The van der Waals surface area contributed by atoms with Crippen LogP contribution in [0.2, 0.25) is 0 Å². The number of likely N-dealkylation sites (tertiary alicyclic amines) is 1. The third-order valence-corrected chi connectivity index (χ3v) is 7.05. The Labute approximate surface area is 203 Å². The van der Waals surface area contributed by atoms with E-state index >= 15 is 0 Å². The first-order valence-electron chi connectivity index (χ1n) is 11.5. The molecule has 3 aliphatic heterocycles. The lowest BCUT2D eigenvalue weighted by atomic mass is 9.82. The number of anilines is 1. The fourth-order valence-corrected chi connectivity index (χ4v) is 5.23. The molecule has 2 aromatic rings. The summed E-state index contributed by atoms with van der Waals surface area (Å²) in [5.41, 5.74) is -0.539. The van der Waals surface area contributed by atoms with E-state index in [2.05, 4.69) is 4.90 Å². The predicted octanol–water partition coefficient (Wildman–Crippen LogP) is 1.58. The van der Waals surface area contributed by atoms with Crippen molar-refractivity contribution in [1.29, 1.82) is 0 Å². The zero-order chi connectivity index (χ0) is 24.7. The lowest BCUT2D eigenvalue weighted by Gasteiger charge is -2.36. The topological polar surface area (TPSA) is 99.6 Å². The van der Waals surface area contributed by atoms with Crippen LogP contribution in [-0.4, -0.2) is 86.1 Å². The number of benzene rings is 2. The Morgan fingerprint density at radius 1 is 1.03 bits per heavy atom. The van der Waals surface area contributed by atoms with Crippen LogP contribution in [0.25, 0.3) is 5.76 Å². The number of morpholine rings is 1. The van der Waals surface area contributed by atoms with E-state index in [1.165, 1.54) is 16.9 Å². The van der Waals surface area contributed by atoms with E-state index in [1.807, 2.05) is 0 Å². The van der Waals surface area contributed by atoms with E-state index in [0.717, 1.165) is 0 Å². The molecule has 3 heterocycles. The molecule has 9 heteroatoms. The Hall–Kier alpha value is -3.69. The smallest absolute Gasteiger partial charge is 0.296 e. The average Bonchev–Trinajstić information content (AvgIpc) is 3.26.